The molecule has 0 radical (unpaired) electrons. The molecule has 3 heteroatoms. The molecule has 80 valence electrons. The van der Waals surface area contributed by atoms with E-state index in [0.717, 1.165) is 11.8 Å². The monoisotopic (exact) mass is 197 g/mol. The maximum absolute atomic E-state index is 10.5. The van der Waals surface area contributed by atoms with Crippen molar-refractivity contribution in [2.24, 2.45) is 0 Å². The summed E-state index contributed by atoms with van der Waals surface area (Å²) in [5.74, 6) is 0.389. The quantitative estimate of drug-likeness (QED) is 0.684. The van der Waals surface area contributed by atoms with Gasteiger partial charge in [-0.3, -0.25) is 4.79 Å². The van der Waals surface area contributed by atoms with Gasteiger partial charge >= 0.3 is 0 Å². The van der Waals surface area contributed by atoms with Crippen LogP contribution < -0.4 is 4.74 Å². The number of rotatable bonds is 2. The van der Waals surface area contributed by atoms with Crippen molar-refractivity contribution in [1.29, 1.82) is 0 Å². The highest BCUT2D eigenvalue weighted by atomic mass is 16.5. The second-order valence-corrected chi connectivity index (χ2v) is 2.17. The molecule has 0 atom stereocenters. The Morgan fingerprint density at radius 2 is 2.00 bits per heavy atom. The Morgan fingerprint density at radius 1 is 1.43 bits per heavy atom. The maximum atomic E-state index is 10.5. The Bertz CT molecular complexity index is 272. The summed E-state index contributed by atoms with van der Waals surface area (Å²) < 4.78 is 4.87. The molecule has 0 N–H and O–H groups in total. The van der Waals surface area contributed by atoms with Crippen LogP contribution in [-0.4, -0.2) is 18.4 Å². The van der Waals surface area contributed by atoms with Crippen LogP contribution in [0.5, 0.6) is 5.88 Å². The molecule has 0 aliphatic rings. The number of pyridine rings is 1. The van der Waals surface area contributed by atoms with Gasteiger partial charge in [0.2, 0.25) is 5.88 Å². The number of aromatic nitrogens is 1. The standard InChI is InChI=1S/C8H9NO2.C2H6.CH4/c1-6-3-4-9-8(11-2)7(6)5-10;1-2;/h3-5H,1-2H3;1-2H3;1H4. The zero-order chi connectivity index (χ0) is 10.3. The van der Waals surface area contributed by atoms with Crippen molar-refractivity contribution in [1.82, 2.24) is 4.98 Å². The summed E-state index contributed by atoms with van der Waals surface area (Å²) in [6.07, 6.45) is 2.36. The maximum Gasteiger partial charge on any atom is 0.224 e. The minimum absolute atomic E-state index is 0. The molecule has 1 aromatic rings. The van der Waals surface area contributed by atoms with Crippen molar-refractivity contribution in [3.8, 4) is 5.88 Å². The number of ether oxygens (including phenoxy) is 1. The first-order valence-electron chi connectivity index (χ1n) is 4.24. The number of nitrogens with zero attached hydrogens (tertiary/aromatic N) is 1. The van der Waals surface area contributed by atoms with E-state index in [1.807, 2.05) is 20.8 Å². The molecule has 1 rings (SSSR count). The largest absolute Gasteiger partial charge is 0.480 e. The zero-order valence-electron chi connectivity index (χ0n) is 8.50. The molecule has 0 saturated carbocycles. The fourth-order valence-corrected chi connectivity index (χ4v) is 0.851. The number of aryl methyl sites for hydroxylation is 1. The van der Waals surface area contributed by atoms with Crippen molar-refractivity contribution >= 4 is 6.29 Å². The third kappa shape index (κ3) is 3.56. The van der Waals surface area contributed by atoms with Gasteiger partial charge in [-0.15, -0.1) is 0 Å². The molecule has 0 bridgehead atoms. The first-order chi connectivity index (χ1) is 6.29. The molecule has 1 aromatic heterocycles. The molecule has 0 aromatic carbocycles. The summed E-state index contributed by atoms with van der Waals surface area (Å²) in [5.41, 5.74) is 1.40. The third-order valence-corrected chi connectivity index (χ3v) is 1.48. The van der Waals surface area contributed by atoms with E-state index in [4.69, 9.17) is 4.74 Å². The first-order valence-corrected chi connectivity index (χ1v) is 4.24. The van der Waals surface area contributed by atoms with Crippen LogP contribution in [0, 0.1) is 6.92 Å². The number of hydrogen-bond donors (Lipinski definition) is 0. The van der Waals surface area contributed by atoms with Gasteiger partial charge in [0.1, 0.15) is 0 Å². The molecule has 0 aliphatic carbocycles. The lowest BCUT2D eigenvalue weighted by molar-refractivity contribution is 0.111. The van der Waals surface area contributed by atoms with Crippen LogP contribution in [-0.2, 0) is 0 Å². The summed E-state index contributed by atoms with van der Waals surface area (Å²) in [6.45, 7) is 5.84. The Hall–Kier alpha value is -1.38. The molecular formula is C11H19NO2. The number of carbonyl (C=O) groups excluding carboxylic acids is 1. The van der Waals surface area contributed by atoms with E-state index >= 15 is 0 Å². The predicted molar refractivity (Wildman–Crippen MR) is 59.0 cm³/mol. The Morgan fingerprint density at radius 3 is 2.36 bits per heavy atom. The number of carbonyl (C=O) groups is 1. The average Bonchev–Trinajstić information content (AvgIpc) is 2.20. The van der Waals surface area contributed by atoms with Crippen LogP contribution in [0.4, 0.5) is 0 Å². The zero-order valence-corrected chi connectivity index (χ0v) is 8.50. The lowest BCUT2D eigenvalue weighted by atomic mass is 10.2. The first kappa shape index (κ1) is 15.1. The van der Waals surface area contributed by atoms with Gasteiger partial charge in [0.25, 0.3) is 0 Å². The van der Waals surface area contributed by atoms with Gasteiger partial charge in [0.05, 0.1) is 12.7 Å². The lowest BCUT2D eigenvalue weighted by Gasteiger charge is -2.02. The van der Waals surface area contributed by atoms with E-state index in [-0.39, 0.29) is 7.43 Å². The Kier molecular flexibility index (Phi) is 8.88. The SMILES string of the molecule is C.CC.COc1nccc(C)c1C=O. The van der Waals surface area contributed by atoms with E-state index < -0.39 is 0 Å². The van der Waals surface area contributed by atoms with Crippen LogP contribution in [0.25, 0.3) is 0 Å². The van der Waals surface area contributed by atoms with Crippen molar-refractivity contribution in [2.45, 2.75) is 28.2 Å². The summed E-state index contributed by atoms with van der Waals surface area (Å²) >= 11 is 0. The normalized spacial score (nSPS) is 7.71. The molecule has 3 nitrogen and oxygen atoms in total. The van der Waals surface area contributed by atoms with E-state index in [2.05, 4.69) is 4.98 Å². The summed E-state index contributed by atoms with van der Waals surface area (Å²) in [5, 5.41) is 0. The topological polar surface area (TPSA) is 39.2 Å². The summed E-state index contributed by atoms with van der Waals surface area (Å²) in [4.78, 5) is 14.4. The second-order valence-electron chi connectivity index (χ2n) is 2.17. The van der Waals surface area contributed by atoms with Gasteiger partial charge in [0.15, 0.2) is 6.29 Å². The minimum atomic E-state index is 0. The smallest absolute Gasteiger partial charge is 0.224 e. The third-order valence-electron chi connectivity index (χ3n) is 1.48. The van der Waals surface area contributed by atoms with Crippen LogP contribution >= 0.6 is 0 Å². The minimum Gasteiger partial charge on any atom is -0.480 e. The van der Waals surface area contributed by atoms with E-state index in [1.54, 1.807) is 12.3 Å². The lowest BCUT2D eigenvalue weighted by Crippen LogP contribution is -1.95. The van der Waals surface area contributed by atoms with Gasteiger partial charge in [-0.1, -0.05) is 21.3 Å². The van der Waals surface area contributed by atoms with E-state index in [9.17, 15) is 4.79 Å². The molecule has 0 spiro atoms. The van der Waals surface area contributed by atoms with Gasteiger partial charge in [-0.05, 0) is 18.6 Å². The fraction of sp³-hybridized carbons (Fsp3) is 0.455. The van der Waals surface area contributed by atoms with Crippen molar-refractivity contribution in [3.63, 3.8) is 0 Å². The van der Waals surface area contributed by atoms with Crippen molar-refractivity contribution in [3.05, 3.63) is 23.4 Å². The highest BCUT2D eigenvalue weighted by Crippen LogP contribution is 2.15. The summed E-state index contributed by atoms with van der Waals surface area (Å²) in [6, 6.07) is 1.77. The molecule has 0 saturated heterocycles. The van der Waals surface area contributed by atoms with Crippen LogP contribution in [0.2, 0.25) is 0 Å². The molecule has 14 heavy (non-hydrogen) atoms. The Labute approximate surface area is 86.1 Å². The second kappa shape index (κ2) is 8.23. The summed E-state index contributed by atoms with van der Waals surface area (Å²) in [7, 11) is 1.49. The number of aldehydes is 1. The highest BCUT2D eigenvalue weighted by Gasteiger charge is 2.04. The van der Waals surface area contributed by atoms with E-state index in [1.165, 1.54) is 7.11 Å². The molecule has 1 heterocycles. The molecule has 0 fully saturated rings. The van der Waals surface area contributed by atoms with Crippen LogP contribution in [0.1, 0.15) is 37.2 Å². The van der Waals surface area contributed by atoms with Crippen molar-refractivity contribution in [2.75, 3.05) is 7.11 Å². The van der Waals surface area contributed by atoms with E-state index in [0.29, 0.717) is 11.4 Å². The average molecular weight is 197 g/mol. The molecule has 0 amide bonds. The van der Waals surface area contributed by atoms with Crippen molar-refractivity contribution < 1.29 is 9.53 Å². The predicted octanol–water partition coefficient (Wildman–Crippen LogP) is 2.87. The molecule has 0 unspecified atom stereocenters. The molecule has 0 aliphatic heterocycles. The fourth-order valence-electron chi connectivity index (χ4n) is 0.851. The molecular weight excluding hydrogens is 178 g/mol. The number of methoxy groups -OCH3 is 1. The van der Waals surface area contributed by atoms with Gasteiger partial charge in [-0.2, -0.15) is 0 Å². The highest BCUT2D eigenvalue weighted by molar-refractivity contribution is 5.80. The van der Waals surface area contributed by atoms with Gasteiger partial charge in [-0.25, -0.2) is 4.98 Å². The van der Waals surface area contributed by atoms with Gasteiger partial charge < -0.3 is 4.74 Å². The van der Waals surface area contributed by atoms with Gasteiger partial charge in [0, 0.05) is 6.20 Å². The Balaban J connectivity index is 0. The number of hydrogen-bond acceptors (Lipinski definition) is 3. The van der Waals surface area contributed by atoms with Crippen LogP contribution in [0.3, 0.4) is 0 Å². The van der Waals surface area contributed by atoms with Crippen LogP contribution in [0.15, 0.2) is 12.3 Å².